The van der Waals surface area contributed by atoms with Crippen LogP contribution in [-0.2, 0) is 9.59 Å². The summed E-state index contributed by atoms with van der Waals surface area (Å²) in [5.41, 5.74) is 4.88. The molecule has 0 atom stereocenters. The first-order valence-corrected chi connectivity index (χ1v) is 11.6. The van der Waals surface area contributed by atoms with Crippen LogP contribution < -0.4 is 20.1 Å². The van der Waals surface area contributed by atoms with Gasteiger partial charge in [0.2, 0.25) is 0 Å². The van der Waals surface area contributed by atoms with Crippen molar-refractivity contribution in [3.05, 3.63) is 88.5 Å². The molecule has 7 heteroatoms. The molecule has 0 fully saturated rings. The van der Waals surface area contributed by atoms with E-state index in [0.717, 1.165) is 22.4 Å². The van der Waals surface area contributed by atoms with Gasteiger partial charge in [-0.15, -0.1) is 0 Å². The van der Waals surface area contributed by atoms with Gasteiger partial charge in [0, 0.05) is 11.4 Å². The number of para-hydroxylation sites is 1. The maximum absolute atomic E-state index is 12.6. The lowest BCUT2D eigenvalue weighted by Gasteiger charge is -2.14. The number of hydrogen-bond acceptors (Lipinski definition) is 5. The second kappa shape index (κ2) is 12.2. The van der Waals surface area contributed by atoms with E-state index in [0.29, 0.717) is 29.4 Å². The second-order valence-corrected chi connectivity index (χ2v) is 8.16. The lowest BCUT2D eigenvalue weighted by atomic mass is 10.1. The maximum Gasteiger partial charge on any atom is 0.266 e. The smallest absolute Gasteiger partial charge is 0.266 e. The zero-order valence-corrected chi connectivity index (χ0v) is 20.8. The van der Waals surface area contributed by atoms with Gasteiger partial charge in [-0.25, -0.2) is 0 Å². The molecule has 0 aliphatic rings. The minimum atomic E-state index is -0.506. The van der Waals surface area contributed by atoms with Gasteiger partial charge in [0.05, 0.1) is 6.61 Å². The van der Waals surface area contributed by atoms with Gasteiger partial charge in [0.25, 0.3) is 11.8 Å². The molecule has 0 spiro atoms. The van der Waals surface area contributed by atoms with Crippen molar-refractivity contribution < 1.29 is 19.1 Å². The van der Waals surface area contributed by atoms with Crippen LogP contribution in [0.25, 0.3) is 6.08 Å². The summed E-state index contributed by atoms with van der Waals surface area (Å²) < 4.78 is 11.4. The van der Waals surface area contributed by atoms with Crippen LogP contribution in [0.3, 0.4) is 0 Å². The van der Waals surface area contributed by atoms with Crippen LogP contribution in [0.5, 0.6) is 11.5 Å². The van der Waals surface area contributed by atoms with E-state index >= 15 is 0 Å². The zero-order valence-electron chi connectivity index (χ0n) is 20.8. The molecule has 3 aromatic rings. The van der Waals surface area contributed by atoms with E-state index in [1.807, 2.05) is 70.2 Å². The summed E-state index contributed by atoms with van der Waals surface area (Å²) in [5, 5.41) is 15.2. The number of amides is 2. The van der Waals surface area contributed by atoms with Crippen molar-refractivity contribution in [2.75, 3.05) is 23.8 Å². The number of rotatable bonds is 9. The Balaban J connectivity index is 1.73. The molecule has 0 unspecified atom stereocenters. The summed E-state index contributed by atoms with van der Waals surface area (Å²) in [6.07, 6.45) is 1.48. The first-order chi connectivity index (χ1) is 17.3. The van der Waals surface area contributed by atoms with Gasteiger partial charge in [-0.3, -0.25) is 9.59 Å². The number of nitrogens with zero attached hydrogens (tertiary/aromatic N) is 1. The molecule has 2 amide bonds. The summed E-state index contributed by atoms with van der Waals surface area (Å²) in [7, 11) is 0. The number of carbonyl (C=O) groups excluding carboxylic acids is 2. The van der Waals surface area contributed by atoms with Crippen LogP contribution in [0.1, 0.15) is 29.2 Å². The number of carbonyl (C=O) groups is 2. The Bertz CT molecular complexity index is 1340. The van der Waals surface area contributed by atoms with E-state index in [9.17, 15) is 14.9 Å². The fourth-order valence-electron chi connectivity index (χ4n) is 3.44. The molecule has 0 aliphatic heterocycles. The first-order valence-electron chi connectivity index (χ1n) is 11.6. The highest BCUT2D eigenvalue weighted by Crippen LogP contribution is 2.30. The lowest BCUT2D eigenvalue weighted by molar-refractivity contribution is -0.118. The Labute approximate surface area is 211 Å². The molecule has 3 rings (SSSR count). The molecule has 0 bridgehead atoms. The van der Waals surface area contributed by atoms with Crippen molar-refractivity contribution in [3.63, 3.8) is 0 Å². The molecule has 2 N–H and O–H groups in total. The predicted molar refractivity (Wildman–Crippen MR) is 141 cm³/mol. The van der Waals surface area contributed by atoms with Crippen LogP contribution in [0.2, 0.25) is 0 Å². The Hall–Kier alpha value is -4.57. The molecule has 3 aromatic carbocycles. The van der Waals surface area contributed by atoms with Gasteiger partial charge in [0.1, 0.15) is 11.6 Å². The normalized spacial score (nSPS) is 10.8. The summed E-state index contributed by atoms with van der Waals surface area (Å²) >= 11 is 0. The minimum Gasteiger partial charge on any atom is -0.490 e. The van der Waals surface area contributed by atoms with Gasteiger partial charge < -0.3 is 20.1 Å². The van der Waals surface area contributed by atoms with Gasteiger partial charge in [-0.1, -0.05) is 36.4 Å². The number of hydrogen-bond donors (Lipinski definition) is 2. The first kappa shape index (κ1) is 26.0. The average molecular weight is 484 g/mol. The molecule has 0 radical (unpaired) electrons. The van der Waals surface area contributed by atoms with Gasteiger partial charge >= 0.3 is 0 Å². The van der Waals surface area contributed by atoms with E-state index in [1.165, 1.54) is 6.08 Å². The number of aryl methyl sites for hydroxylation is 2. The van der Waals surface area contributed by atoms with Crippen molar-refractivity contribution >= 4 is 29.3 Å². The number of ether oxygens (including phenoxy) is 2. The van der Waals surface area contributed by atoms with E-state index in [4.69, 9.17) is 9.47 Å². The van der Waals surface area contributed by atoms with Crippen molar-refractivity contribution in [2.24, 2.45) is 0 Å². The van der Waals surface area contributed by atoms with Crippen molar-refractivity contribution in [1.82, 2.24) is 0 Å². The molecular weight excluding hydrogens is 454 g/mol. The highest BCUT2D eigenvalue weighted by atomic mass is 16.5. The third-order valence-corrected chi connectivity index (χ3v) is 5.57. The molecule has 0 heterocycles. The summed E-state index contributed by atoms with van der Waals surface area (Å²) in [6, 6.07) is 20.0. The molecule has 184 valence electrons. The van der Waals surface area contributed by atoms with E-state index in [1.54, 1.807) is 24.3 Å². The van der Waals surface area contributed by atoms with Gasteiger partial charge in [-0.05, 0) is 80.3 Å². The topological polar surface area (TPSA) is 100 Å². The van der Waals surface area contributed by atoms with Crippen molar-refractivity contribution in [3.8, 4) is 17.6 Å². The monoisotopic (exact) mass is 483 g/mol. The third-order valence-electron chi connectivity index (χ3n) is 5.57. The molecule has 0 aromatic heterocycles. The second-order valence-electron chi connectivity index (χ2n) is 8.16. The average Bonchev–Trinajstić information content (AvgIpc) is 2.86. The quantitative estimate of drug-likeness (QED) is 0.306. The van der Waals surface area contributed by atoms with E-state index in [-0.39, 0.29) is 18.1 Å². The molecule has 7 nitrogen and oxygen atoms in total. The summed E-state index contributed by atoms with van der Waals surface area (Å²) in [4.78, 5) is 25.1. The highest BCUT2D eigenvalue weighted by Gasteiger charge is 2.14. The van der Waals surface area contributed by atoms with Crippen LogP contribution in [0, 0.1) is 32.1 Å². The summed E-state index contributed by atoms with van der Waals surface area (Å²) in [6.45, 7) is 7.80. The van der Waals surface area contributed by atoms with Gasteiger partial charge in [-0.2, -0.15) is 5.26 Å². The predicted octanol–water partition coefficient (Wildman–Crippen LogP) is 5.57. The fourth-order valence-corrected chi connectivity index (χ4v) is 3.44. The Morgan fingerprint density at radius 1 is 0.889 bits per heavy atom. The Morgan fingerprint density at radius 2 is 1.61 bits per heavy atom. The molecule has 36 heavy (non-hydrogen) atoms. The molecular formula is C29H29N3O4. The number of nitriles is 1. The Kier molecular flexibility index (Phi) is 8.84. The number of benzene rings is 3. The minimum absolute atomic E-state index is 0.0535. The van der Waals surface area contributed by atoms with Crippen molar-refractivity contribution in [2.45, 2.75) is 27.7 Å². The standard InChI is InChI=1S/C29H29N3O4/c1-5-35-27-16-22(15-23(17-30)29(34)32-24-11-7-6-9-20(24)3)13-14-26(27)36-18-28(33)31-25-12-8-10-19(2)21(25)4/h6-16H,5,18H2,1-4H3,(H,31,33)(H,32,34)/b23-15-. The highest BCUT2D eigenvalue weighted by molar-refractivity contribution is 6.10. The maximum atomic E-state index is 12.6. The van der Waals surface area contributed by atoms with Crippen LogP contribution in [0.4, 0.5) is 11.4 Å². The number of nitrogens with one attached hydrogen (secondary N) is 2. The number of anilines is 2. The van der Waals surface area contributed by atoms with Crippen LogP contribution in [-0.4, -0.2) is 25.0 Å². The summed E-state index contributed by atoms with van der Waals surface area (Å²) in [5.74, 6) is -0.0154. The van der Waals surface area contributed by atoms with Crippen LogP contribution >= 0.6 is 0 Å². The lowest BCUT2D eigenvalue weighted by Crippen LogP contribution is -2.21. The van der Waals surface area contributed by atoms with E-state index in [2.05, 4.69) is 10.6 Å². The Morgan fingerprint density at radius 3 is 2.33 bits per heavy atom. The van der Waals surface area contributed by atoms with Crippen LogP contribution in [0.15, 0.2) is 66.2 Å². The largest absolute Gasteiger partial charge is 0.490 e. The van der Waals surface area contributed by atoms with E-state index < -0.39 is 5.91 Å². The van der Waals surface area contributed by atoms with Crippen molar-refractivity contribution in [1.29, 1.82) is 5.26 Å². The molecule has 0 aliphatic carbocycles. The zero-order chi connectivity index (χ0) is 26.1. The molecule has 0 saturated carbocycles. The van der Waals surface area contributed by atoms with Gasteiger partial charge in [0.15, 0.2) is 18.1 Å². The SMILES string of the molecule is CCOc1cc(/C=C(/C#N)C(=O)Nc2ccccc2C)ccc1OCC(=O)Nc1cccc(C)c1C. The fraction of sp³-hybridized carbons (Fsp3) is 0.207. The molecule has 0 saturated heterocycles. The third kappa shape index (κ3) is 6.73.